The smallest absolute Gasteiger partial charge is 0.408 e. The number of carbonyl (C=O) groups is 1. The van der Waals surface area contributed by atoms with E-state index in [1.54, 1.807) is 12.1 Å². The van der Waals surface area contributed by atoms with Gasteiger partial charge in [0, 0.05) is 5.56 Å². The van der Waals surface area contributed by atoms with Crippen molar-refractivity contribution >= 4 is 29.3 Å². The lowest BCUT2D eigenvalue weighted by atomic mass is 10.2. The highest BCUT2D eigenvalue weighted by molar-refractivity contribution is 6.32. The van der Waals surface area contributed by atoms with E-state index >= 15 is 0 Å². The van der Waals surface area contributed by atoms with Crippen LogP contribution in [0.15, 0.2) is 42.5 Å². The number of alkyl carbamates (subject to hydrolysis) is 1. The second-order valence-corrected chi connectivity index (χ2v) is 4.99. The third-order valence-corrected chi connectivity index (χ3v) is 2.92. The van der Waals surface area contributed by atoms with Crippen LogP contribution < -0.4 is 5.32 Å². The minimum absolute atomic E-state index is 0.158. The number of rotatable bonds is 3. The van der Waals surface area contributed by atoms with Crippen LogP contribution in [0.5, 0.6) is 0 Å². The third kappa shape index (κ3) is 5.65. The fourth-order valence-electron chi connectivity index (χ4n) is 1.57. The molecule has 0 spiro atoms. The Balaban J connectivity index is 1.76. The fraction of sp³-hybridized carbons (Fsp3) is 0.125. The molecule has 0 aliphatic heterocycles. The molecule has 0 bridgehead atoms. The summed E-state index contributed by atoms with van der Waals surface area (Å²) in [6, 6.07) is 12.6. The third-order valence-electron chi connectivity index (χ3n) is 2.53. The number of ether oxygens (including phenoxy) is 1. The monoisotopic (exact) mass is 334 g/mol. The number of halogens is 2. The molecule has 1 N–H and O–H groups in total. The number of nitrogens with zero attached hydrogens (tertiary/aromatic N) is 1. The fourth-order valence-corrected chi connectivity index (χ4v) is 2.03. The van der Waals surface area contributed by atoms with Gasteiger partial charge in [-0.3, -0.25) is 0 Å². The van der Waals surface area contributed by atoms with E-state index in [0.29, 0.717) is 5.56 Å². The van der Waals surface area contributed by atoms with Crippen molar-refractivity contribution in [2.45, 2.75) is 6.61 Å². The standard InChI is InChI=1S/C16H12Cl2N2O2/c17-14-9-13(10-15(18)20-14)7-4-8-19-16(21)22-11-12-5-2-1-3-6-12/h1-3,5-6,9-10H,8,11H2,(H,19,21). The summed E-state index contributed by atoms with van der Waals surface area (Å²) in [4.78, 5) is 15.3. The quantitative estimate of drug-likeness (QED) is 0.688. The summed E-state index contributed by atoms with van der Waals surface area (Å²) in [5, 5.41) is 3.08. The average molecular weight is 335 g/mol. The van der Waals surface area contributed by atoms with Gasteiger partial charge in [-0.05, 0) is 17.7 Å². The Morgan fingerprint density at radius 3 is 2.55 bits per heavy atom. The van der Waals surface area contributed by atoms with E-state index in [2.05, 4.69) is 22.1 Å². The lowest BCUT2D eigenvalue weighted by molar-refractivity contribution is 0.141. The van der Waals surface area contributed by atoms with Crippen LogP contribution in [0.2, 0.25) is 10.3 Å². The molecule has 112 valence electrons. The number of pyridine rings is 1. The number of hydrogen-bond acceptors (Lipinski definition) is 3. The van der Waals surface area contributed by atoms with Crippen LogP contribution in [0.4, 0.5) is 4.79 Å². The Labute approximate surface area is 138 Å². The first kappa shape index (κ1) is 16.2. The Kier molecular flexibility index (Phi) is 6.08. The molecule has 4 nitrogen and oxygen atoms in total. The first-order chi connectivity index (χ1) is 10.6. The normalized spacial score (nSPS) is 9.55. The number of aromatic nitrogens is 1. The molecule has 2 aromatic rings. The van der Waals surface area contributed by atoms with E-state index in [1.807, 2.05) is 30.3 Å². The summed E-state index contributed by atoms with van der Waals surface area (Å²) in [6.07, 6.45) is -0.524. The zero-order valence-corrected chi connectivity index (χ0v) is 13.0. The van der Waals surface area contributed by atoms with Crippen LogP contribution in [0.25, 0.3) is 0 Å². The van der Waals surface area contributed by atoms with Gasteiger partial charge >= 0.3 is 6.09 Å². The lowest BCUT2D eigenvalue weighted by Crippen LogP contribution is -2.24. The Morgan fingerprint density at radius 2 is 1.86 bits per heavy atom. The molecule has 0 radical (unpaired) electrons. The molecule has 1 aromatic carbocycles. The van der Waals surface area contributed by atoms with E-state index < -0.39 is 6.09 Å². The van der Waals surface area contributed by atoms with Crippen molar-refractivity contribution in [1.82, 2.24) is 10.3 Å². The molecule has 1 amide bonds. The summed E-state index contributed by atoms with van der Waals surface area (Å²) in [5.74, 6) is 5.60. The Morgan fingerprint density at radius 1 is 1.18 bits per heavy atom. The van der Waals surface area contributed by atoms with Crippen molar-refractivity contribution < 1.29 is 9.53 Å². The first-order valence-corrected chi connectivity index (χ1v) is 7.15. The van der Waals surface area contributed by atoms with Gasteiger partial charge in [0.05, 0.1) is 6.54 Å². The van der Waals surface area contributed by atoms with E-state index in [1.165, 1.54) is 0 Å². The molecule has 0 aliphatic rings. The summed E-state index contributed by atoms with van der Waals surface area (Å²) in [6.45, 7) is 0.376. The van der Waals surface area contributed by atoms with Crippen LogP contribution in [-0.4, -0.2) is 17.6 Å². The van der Waals surface area contributed by atoms with Crippen molar-refractivity contribution in [2.75, 3.05) is 6.54 Å². The van der Waals surface area contributed by atoms with E-state index in [-0.39, 0.29) is 23.5 Å². The molecule has 22 heavy (non-hydrogen) atoms. The predicted octanol–water partition coefficient (Wildman–Crippen LogP) is 3.67. The molecule has 0 saturated carbocycles. The van der Waals surface area contributed by atoms with E-state index in [4.69, 9.17) is 27.9 Å². The largest absolute Gasteiger partial charge is 0.445 e. The minimum atomic E-state index is -0.524. The van der Waals surface area contributed by atoms with Gasteiger partial charge in [-0.25, -0.2) is 9.78 Å². The number of nitrogens with one attached hydrogen (secondary N) is 1. The first-order valence-electron chi connectivity index (χ1n) is 6.40. The van der Waals surface area contributed by atoms with Crippen LogP contribution in [0.3, 0.4) is 0 Å². The van der Waals surface area contributed by atoms with Gasteiger partial charge in [-0.15, -0.1) is 0 Å². The predicted molar refractivity (Wildman–Crippen MR) is 85.8 cm³/mol. The van der Waals surface area contributed by atoms with E-state index in [0.717, 1.165) is 5.56 Å². The topological polar surface area (TPSA) is 51.2 Å². The van der Waals surface area contributed by atoms with Crippen molar-refractivity contribution in [3.8, 4) is 11.8 Å². The van der Waals surface area contributed by atoms with Crippen molar-refractivity contribution in [3.05, 3.63) is 63.9 Å². The second kappa shape index (κ2) is 8.28. The molecule has 6 heteroatoms. The average Bonchev–Trinajstić information content (AvgIpc) is 2.50. The summed E-state index contributed by atoms with van der Waals surface area (Å²) < 4.78 is 5.05. The zero-order valence-electron chi connectivity index (χ0n) is 11.5. The molecule has 0 saturated heterocycles. The molecule has 1 aromatic heterocycles. The molecule has 1 heterocycles. The maximum absolute atomic E-state index is 11.5. The molecule has 0 atom stereocenters. The van der Waals surface area contributed by atoms with Crippen LogP contribution in [0.1, 0.15) is 11.1 Å². The second-order valence-electron chi connectivity index (χ2n) is 4.22. The number of hydrogen-bond donors (Lipinski definition) is 1. The lowest BCUT2D eigenvalue weighted by Gasteiger charge is -2.04. The Bertz CT molecular complexity index is 689. The van der Waals surface area contributed by atoms with Crippen molar-refractivity contribution in [2.24, 2.45) is 0 Å². The summed E-state index contributed by atoms with van der Waals surface area (Å²) in [5.41, 5.74) is 1.55. The van der Waals surface area contributed by atoms with Gasteiger partial charge in [-0.2, -0.15) is 0 Å². The van der Waals surface area contributed by atoms with Gasteiger partial charge in [0.25, 0.3) is 0 Å². The number of carbonyl (C=O) groups excluding carboxylic acids is 1. The highest BCUT2D eigenvalue weighted by atomic mass is 35.5. The minimum Gasteiger partial charge on any atom is -0.445 e. The van der Waals surface area contributed by atoms with Gasteiger partial charge in [0.15, 0.2) is 0 Å². The Hall–Kier alpha value is -2.22. The maximum Gasteiger partial charge on any atom is 0.408 e. The zero-order chi connectivity index (χ0) is 15.8. The SMILES string of the molecule is O=C(NCC#Cc1cc(Cl)nc(Cl)c1)OCc1ccccc1. The van der Waals surface area contributed by atoms with Crippen molar-refractivity contribution in [3.63, 3.8) is 0 Å². The van der Waals surface area contributed by atoms with Gasteiger partial charge in [-0.1, -0.05) is 65.4 Å². The molecule has 2 rings (SSSR count). The van der Waals surface area contributed by atoms with Crippen LogP contribution >= 0.6 is 23.2 Å². The summed E-state index contributed by atoms with van der Waals surface area (Å²) >= 11 is 11.5. The molecule has 0 aliphatic carbocycles. The highest BCUT2D eigenvalue weighted by Gasteiger charge is 2.00. The number of amides is 1. The number of benzene rings is 1. The summed E-state index contributed by atoms with van der Waals surface area (Å²) in [7, 11) is 0. The highest BCUT2D eigenvalue weighted by Crippen LogP contribution is 2.13. The van der Waals surface area contributed by atoms with Crippen LogP contribution in [-0.2, 0) is 11.3 Å². The maximum atomic E-state index is 11.5. The molecular formula is C16H12Cl2N2O2. The molecular weight excluding hydrogens is 323 g/mol. The van der Waals surface area contributed by atoms with Gasteiger partial charge < -0.3 is 10.1 Å². The van der Waals surface area contributed by atoms with Gasteiger partial charge in [0.1, 0.15) is 16.9 Å². The molecule has 0 unspecified atom stereocenters. The van der Waals surface area contributed by atoms with Crippen molar-refractivity contribution in [1.29, 1.82) is 0 Å². The molecule has 0 fully saturated rings. The van der Waals surface area contributed by atoms with Gasteiger partial charge in [0.2, 0.25) is 0 Å². The van der Waals surface area contributed by atoms with E-state index in [9.17, 15) is 4.79 Å². The van der Waals surface area contributed by atoms with Crippen LogP contribution in [0, 0.1) is 11.8 Å².